The number of pyridine rings is 1. The molecule has 0 radical (unpaired) electrons. The van der Waals surface area contributed by atoms with Crippen LogP contribution in [-0.4, -0.2) is 47.4 Å². The number of aromatic nitrogens is 1. The zero-order valence-electron chi connectivity index (χ0n) is 19.7. The monoisotopic (exact) mass is 449 g/mol. The summed E-state index contributed by atoms with van der Waals surface area (Å²) in [5, 5.41) is 5.82. The molecule has 1 aromatic heterocycles. The molecule has 1 aliphatic carbocycles. The van der Waals surface area contributed by atoms with Crippen molar-refractivity contribution in [3.63, 3.8) is 0 Å². The summed E-state index contributed by atoms with van der Waals surface area (Å²) in [6.07, 6.45) is 11.4. The van der Waals surface area contributed by atoms with Crippen molar-refractivity contribution in [3.8, 4) is 0 Å². The smallest absolute Gasteiger partial charge is 0.269 e. The minimum absolute atomic E-state index is 0.102. The van der Waals surface area contributed by atoms with E-state index in [1.54, 1.807) is 18.3 Å². The Morgan fingerprint density at radius 1 is 1.36 bits per heavy atom. The molecule has 0 bridgehead atoms. The van der Waals surface area contributed by atoms with E-state index in [2.05, 4.69) is 40.9 Å². The summed E-state index contributed by atoms with van der Waals surface area (Å²) < 4.78 is 0. The normalized spacial score (nSPS) is 23.5. The van der Waals surface area contributed by atoms with Crippen LogP contribution in [-0.2, 0) is 17.6 Å². The molecule has 7 nitrogen and oxygen atoms in total. The van der Waals surface area contributed by atoms with Crippen LogP contribution in [0.3, 0.4) is 0 Å². The summed E-state index contributed by atoms with van der Waals surface area (Å²) in [6.45, 7) is 11.1. The number of allylic oxidation sites excluding steroid dienone is 3. The van der Waals surface area contributed by atoms with Crippen molar-refractivity contribution in [2.24, 2.45) is 17.1 Å². The first-order chi connectivity index (χ1) is 15.8. The Morgan fingerprint density at radius 3 is 2.79 bits per heavy atom. The molecule has 3 aliphatic rings. The molecule has 0 aromatic carbocycles. The lowest BCUT2D eigenvalue weighted by Crippen LogP contribution is -2.39. The fraction of sp³-hybridized carbons (Fsp3) is 0.500. The molecule has 1 unspecified atom stereocenters. The van der Waals surface area contributed by atoms with Crippen LogP contribution in [0, 0.1) is 11.3 Å². The van der Waals surface area contributed by atoms with Crippen molar-refractivity contribution in [2.75, 3.05) is 19.6 Å². The molecule has 2 amide bonds. The van der Waals surface area contributed by atoms with Gasteiger partial charge in [-0.05, 0) is 82.2 Å². The molecule has 1 saturated heterocycles. The molecular formula is C26H35N5O2. The number of carbonyl (C=O) groups is 2. The lowest BCUT2D eigenvalue weighted by Gasteiger charge is -2.34. The zero-order chi connectivity index (χ0) is 23.6. The largest absolute Gasteiger partial charge is 0.385 e. The first-order valence-electron chi connectivity index (χ1n) is 11.9. The Hall–Kier alpha value is -2.93. The molecular weight excluding hydrogens is 414 g/mol. The fourth-order valence-corrected chi connectivity index (χ4v) is 5.38. The Labute approximate surface area is 196 Å². The highest BCUT2D eigenvalue weighted by molar-refractivity contribution is 5.95. The van der Waals surface area contributed by atoms with Crippen molar-refractivity contribution >= 4 is 11.8 Å². The van der Waals surface area contributed by atoms with Gasteiger partial charge in [0.05, 0.1) is 5.41 Å². The van der Waals surface area contributed by atoms with Crippen LogP contribution in [0.15, 0.2) is 48.5 Å². The van der Waals surface area contributed by atoms with Gasteiger partial charge in [0.25, 0.3) is 5.91 Å². The number of rotatable bonds is 7. The van der Waals surface area contributed by atoms with E-state index in [4.69, 9.17) is 5.73 Å². The van der Waals surface area contributed by atoms with Crippen LogP contribution in [0.1, 0.15) is 54.7 Å². The number of likely N-dealkylation sites (tertiary alicyclic amines) is 1. The summed E-state index contributed by atoms with van der Waals surface area (Å²) in [6, 6.07) is 2.43. The van der Waals surface area contributed by atoms with Crippen LogP contribution in [0.5, 0.6) is 0 Å². The Kier molecular flexibility index (Phi) is 6.70. The van der Waals surface area contributed by atoms with Gasteiger partial charge in [0, 0.05) is 24.4 Å². The van der Waals surface area contributed by atoms with Gasteiger partial charge in [-0.3, -0.25) is 14.6 Å². The summed E-state index contributed by atoms with van der Waals surface area (Å²) >= 11 is 0. The lowest BCUT2D eigenvalue weighted by atomic mass is 9.78. The number of amides is 2. The van der Waals surface area contributed by atoms with Gasteiger partial charge in [-0.15, -0.1) is 0 Å². The highest BCUT2D eigenvalue weighted by Gasteiger charge is 2.51. The van der Waals surface area contributed by atoms with Crippen molar-refractivity contribution < 1.29 is 9.59 Å². The Bertz CT molecular complexity index is 1000. The van der Waals surface area contributed by atoms with Gasteiger partial charge in [-0.25, -0.2) is 0 Å². The SMILES string of the molecule is C=C/C=C\C1=C(N)NC(=O)C12Cc1cnc(C(=O)NCCC3CCN(C(C)C)CC3)cc1C2. The van der Waals surface area contributed by atoms with Crippen LogP contribution < -0.4 is 16.4 Å². The van der Waals surface area contributed by atoms with E-state index in [1.807, 2.05) is 12.1 Å². The Balaban J connectivity index is 1.36. The van der Waals surface area contributed by atoms with Gasteiger partial charge in [0.1, 0.15) is 11.5 Å². The molecule has 176 valence electrons. The summed E-state index contributed by atoms with van der Waals surface area (Å²) in [5.41, 5.74) is 8.49. The van der Waals surface area contributed by atoms with Crippen molar-refractivity contribution in [2.45, 2.75) is 52.0 Å². The average molecular weight is 450 g/mol. The number of fused-ring (bicyclic) bond motifs is 1. The van der Waals surface area contributed by atoms with E-state index in [-0.39, 0.29) is 11.8 Å². The van der Waals surface area contributed by atoms with Crippen LogP contribution in [0.4, 0.5) is 0 Å². The number of nitrogens with zero attached hydrogens (tertiary/aromatic N) is 2. The maximum absolute atomic E-state index is 12.8. The van der Waals surface area contributed by atoms with E-state index < -0.39 is 5.41 Å². The van der Waals surface area contributed by atoms with E-state index in [1.165, 1.54) is 12.8 Å². The Morgan fingerprint density at radius 2 is 2.09 bits per heavy atom. The third-order valence-corrected chi connectivity index (χ3v) is 7.41. The molecule has 33 heavy (non-hydrogen) atoms. The van der Waals surface area contributed by atoms with Gasteiger partial charge >= 0.3 is 0 Å². The summed E-state index contributed by atoms with van der Waals surface area (Å²) in [5.74, 6) is 0.787. The minimum Gasteiger partial charge on any atom is -0.385 e. The maximum atomic E-state index is 12.8. The first-order valence-corrected chi connectivity index (χ1v) is 11.9. The maximum Gasteiger partial charge on any atom is 0.269 e. The van der Waals surface area contributed by atoms with Gasteiger partial charge in [0.15, 0.2) is 0 Å². The van der Waals surface area contributed by atoms with Gasteiger partial charge in [0.2, 0.25) is 5.91 Å². The first kappa shape index (κ1) is 23.2. The topological polar surface area (TPSA) is 100 Å². The second-order valence-electron chi connectivity index (χ2n) is 9.77. The molecule has 4 rings (SSSR count). The second kappa shape index (κ2) is 9.51. The predicted molar refractivity (Wildman–Crippen MR) is 129 cm³/mol. The number of hydrogen-bond donors (Lipinski definition) is 3. The number of carbonyl (C=O) groups excluding carboxylic acids is 2. The zero-order valence-corrected chi connectivity index (χ0v) is 19.7. The van der Waals surface area contributed by atoms with Gasteiger partial charge < -0.3 is 21.3 Å². The molecule has 2 aliphatic heterocycles. The molecule has 1 atom stereocenters. The second-order valence-corrected chi connectivity index (χ2v) is 9.77. The number of hydrogen-bond acceptors (Lipinski definition) is 5. The minimum atomic E-state index is -0.743. The molecule has 7 heteroatoms. The van der Waals surface area contributed by atoms with Crippen molar-refractivity contribution in [1.29, 1.82) is 0 Å². The quantitative estimate of drug-likeness (QED) is 0.555. The third-order valence-electron chi connectivity index (χ3n) is 7.41. The number of nitrogens with one attached hydrogen (secondary N) is 2. The van der Waals surface area contributed by atoms with E-state index >= 15 is 0 Å². The van der Waals surface area contributed by atoms with Crippen molar-refractivity contribution in [3.05, 3.63) is 65.3 Å². The molecule has 1 fully saturated rings. The van der Waals surface area contributed by atoms with Gasteiger partial charge in [-0.1, -0.05) is 24.8 Å². The predicted octanol–water partition coefficient (Wildman–Crippen LogP) is 2.45. The molecule has 1 aromatic rings. The van der Waals surface area contributed by atoms with Gasteiger partial charge in [-0.2, -0.15) is 0 Å². The third kappa shape index (κ3) is 4.60. The van der Waals surface area contributed by atoms with E-state index in [0.717, 1.165) is 36.2 Å². The number of nitrogens with two attached hydrogens (primary N) is 1. The lowest BCUT2D eigenvalue weighted by molar-refractivity contribution is -0.126. The summed E-state index contributed by atoms with van der Waals surface area (Å²) in [4.78, 5) is 32.5. The van der Waals surface area contributed by atoms with Crippen LogP contribution in [0.25, 0.3) is 0 Å². The van der Waals surface area contributed by atoms with E-state index in [0.29, 0.717) is 42.9 Å². The van der Waals surface area contributed by atoms with E-state index in [9.17, 15) is 9.59 Å². The highest BCUT2D eigenvalue weighted by atomic mass is 16.2. The highest BCUT2D eigenvalue weighted by Crippen LogP contribution is 2.46. The molecule has 0 saturated carbocycles. The molecule has 1 spiro atoms. The fourth-order valence-electron chi connectivity index (χ4n) is 5.38. The average Bonchev–Trinajstić information content (AvgIpc) is 3.28. The molecule has 3 heterocycles. The molecule has 4 N–H and O–H groups in total. The van der Waals surface area contributed by atoms with Crippen molar-refractivity contribution in [1.82, 2.24) is 20.5 Å². The summed E-state index contributed by atoms with van der Waals surface area (Å²) in [7, 11) is 0. The van der Waals surface area contributed by atoms with Crippen LogP contribution in [0.2, 0.25) is 0 Å². The number of piperidine rings is 1. The standard InChI is InChI=1S/C26H35N5O2/c1-4-5-6-21-23(27)30-25(33)26(21)14-19-13-22(29-16-20(19)15-26)24(32)28-10-7-18-8-11-31(12-9-18)17(2)3/h4-6,13,16-18H,1,7-12,14-15,27H2,2-3H3,(H,28,32)(H,30,33)/b6-5-. The van der Waals surface area contributed by atoms with Crippen LogP contribution >= 0.6 is 0 Å².